The molecule has 10 rings (SSSR count). The molecule has 0 atom stereocenters. The molecule has 0 spiro atoms. The number of benzene rings is 5. The van der Waals surface area contributed by atoms with Gasteiger partial charge in [0.15, 0.2) is 11.2 Å². The summed E-state index contributed by atoms with van der Waals surface area (Å²) in [6, 6.07) is 47.6. The van der Waals surface area contributed by atoms with Gasteiger partial charge in [0.25, 0.3) is 0 Å². The summed E-state index contributed by atoms with van der Waals surface area (Å²) in [6.45, 7) is 0. The topological polar surface area (TPSA) is 48.8 Å². The Hall–Kier alpha value is -6.20. The molecule has 0 aliphatic carbocycles. The van der Waals surface area contributed by atoms with E-state index in [4.69, 9.17) is 4.42 Å². The molecule has 5 heteroatoms. The Morgan fingerprint density at radius 2 is 1.13 bits per heavy atom. The molecule has 216 valence electrons. The van der Waals surface area contributed by atoms with Crippen molar-refractivity contribution < 1.29 is 4.42 Å². The summed E-state index contributed by atoms with van der Waals surface area (Å²) in [5.41, 5.74) is 12.6. The molecule has 0 unspecified atom stereocenters. The summed E-state index contributed by atoms with van der Waals surface area (Å²) in [7, 11) is 0. The normalized spacial score (nSPS) is 12.0. The smallest absolute Gasteiger partial charge is 0.159 e. The zero-order chi connectivity index (χ0) is 30.2. The molecular weight excluding hydrogens is 564 g/mol. The van der Waals surface area contributed by atoms with Crippen molar-refractivity contribution in [1.29, 1.82) is 0 Å². The second-order valence-corrected chi connectivity index (χ2v) is 11.9. The van der Waals surface area contributed by atoms with E-state index in [1.165, 1.54) is 49.2 Å². The Morgan fingerprint density at radius 1 is 0.478 bits per heavy atom. The van der Waals surface area contributed by atoms with Crippen molar-refractivity contribution in [1.82, 2.24) is 19.1 Å². The third-order valence-electron chi connectivity index (χ3n) is 9.25. The molecule has 5 nitrogen and oxygen atoms in total. The zero-order valence-electron chi connectivity index (χ0n) is 24.8. The molecule has 0 amide bonds. The van der Waals surface area contributed by atoms with Crippen LogP contribution in [-0.4, -0.2) is 19.1 Å². The highest BCUT2D eigenvalue weighted by Crippen LogP contribution is 2.37. The Morgan fingerprint density at radius 3 is 1.93 bits per heavy atom. The van der Waals surface area contributed by atoms with Gasteiger partial charge in [0, 0.05) is 57.3 Å². The molecule has 0 radical (unpaired) electrons. The van der Waals surface area contributed by atoms with Crippen LogP contribution >= 0.6 is 0 Å². The van der Waals surface area contributed by atoms with Gasteiger partial charge < -0.3 is 13.6 Å². The maximum absolute atomic E-state index is 6.24. The Balaban J connectivity index is 1.15. The van der Waals surface area contributed by atoms with Crippen LogP contribution < -0.4 is 0 Å². The van der Waals surface area contributed by atoms with E-state index in [-0.39, 0.29) is 0 Å². The van der Waals surface area contributed by atoms with E-state index in [0.717, 1.165) is 45.6 Å². The summed E-state index contributed by atoms with van der Waals surface area (Å²) >= 11 is 0. The van der Waals surface area contributed by atoms with Crippen molar-refractivity contribution in [3.05, 3.63) is 157 Å². The van der Waals surface area contributed by atoms with Crippen molar-refractivity contribution in [2.75, 3.05) is 0 Å². The van der Waals surface area contributed by atoms with Gasteiger partial charge in [-0.1, -0.05) is 60.7 Å². The van der Waals surface area contributed by atoms with E-state index in [2.05, 4.69) is 140 Å². The minimum Gasteiger partial charge on any atom is -0.452 e. The van der Waals surface area contributed by atoms with Gasteiger partial charge in [0.05, 0.1) is 22.1 Å². The molecule has 0 aliphatic rings. The average Bonchev–Trinajstić information content (AvgIpc) is 3.77. The lowest BCUT2D eigenvalue weighted by atomic mass is 10.0. The number of hydrogen-bond acceptors (Lipinski definition) is 3. The fraction of sp³-hybridized carbons (Fsp3) is 0.0244. The van der Waals surface area contributed by atoms with Gasteiger partial charge in [-0.05, 0) is 78.4 Å². The summed E-state index contributed by atoms with van der Waals surface area (Å²) in [4.78, 5) is 9.11. The molecule has 5 heterocycles. The number of furan rings is 1. The summed E-state index contributed by atoms with van der Waals surface area (Å²) < 4.78 is 11.0. The minimum absolute atomic E-state index is 0.735. The van der Waals surface area contributed by atoms with Crippen LogP contribution in [-0.2, 0) is 6.42 Å². The lowest BCUT2D eigenvalue weighted by Gasteiger charge is -2.10. The monoisotopic (exact) mass is 590 g/mol. The largest absolute Gasteiger partial charge is 0.452 e. The van der Waals surface area contributed by atoms with Crippen LogP contribution in [0.1, 0.15) is 11.1 Å². The van der Waals surface area contributed by atoms with Crippen molar-refractivity contribution in [2.24, 2.45) is 0 Å². The van der Waals surface area contributed by atoms with Crippen LogP contribution in [0.25, 0.3) is 77.2 Å². The summed E-state index contributed by atoms with van der Waals surface area (Å²) in [5.74, 6) is 0. The first-order valence-corrected chi connectivity index (χ1v) is 15.5. The van der Waals surface area contributed by atoms with Gasteiger partial charge in [0.1, 0.15) is 11.0 Å². The van der Waals surface area contributed by atoms with Gasteiger partial charge >= 0.3 is 0 Å². The standard InChI is InChI=1S/C41H26N4O/c1-2-9-28(10-3-1)44-34-13-6-5-12-31(34)33-25-29(17-19-37(33)44)45-35-14-7-4-11-30(35)32-24-26(16-18-36(32)45)23-27-20-22-43-40-39-38(46-41(27)40)15-8-21-42-39/h1-22,24-25H,23H2. The van der Waals surface area contributed by atoms with Gasteiger partial charge in [-0.25, -0.2) is 0 Å². The van der Waals surface area contributed by atoms with Crippen molar-refractivity contribution in [3.63, 3.8) is 0 Å². The van der Waals surface area contributed by atoms with Gasteiger partial charge in [-0.3, -0.25) is 9.97 Å². The maximum Gasteiger partial charge on any atom is 0.159 e. The third-order valence-corrected chi connectivity index (χ3v) is 9.25. The van der Waals surface area contributed by atoms with E-state index in [1.54, 1.807) is 6.20 Å². The van der Waals surface area contributed by atoms with Crippen molar-refractivity contribution in [3.8, 4) is 11.4 Å². The molecule has 0 fully saturated rings. The van der Waals surface area contributed by atoms with E-state index in [1.807, 2.05) is 18.3 Å². The molecule has 5 aromatic carbocycles. The number of aromatic nitrogens is 4. The second kappa shape index (κ2) is 9.65. The highest BCUT2D eigenvalue weighted by molar-refractivity contribution is 6.12. The highest BCUT2D eigenvalue weighted by Gasteiger charge is 2.18. The fourth-order valence-electron chi connectivity index (χ4n) is 7.25. The predicted molar refractivity (Wildman–Crippen MR) is 187 cm³/mol. The van der Waals surface area contributed by atoms with Gasteiger partial charge in [-0.2, -0.15) is 0 Å². The van der Waals surface area contributed by atoms with Gasteiger partial charge in [0.2, 0.25) is 0 Å². The number of nitrogens with zero attached hydrogens (tertiary/aromatic N) is 4. The number of pyridine rings is 2. The maximum atomic E-state index is 6.24. The van der Waals surface area contributed by atoms with E-state index >= 15 is 0 Å². The molecule has 5 aromatic heterocycles. The predicted octanol–water partition coefficient (Wildman–Crippen LogP) is 10.2. The quantitative estimate of drug-likeness (QED) is 0.205. The number of para-hydroxylation sites is 3. The number of hydrogen-bond donors (Lipinski definition) is 0. The molecule has 46 heavy (non-hydrogen) atoms. The first kappa shape index (κ1) is 25.2. The molecule has 0 N–H and O–H groups in total. The van der Waals surface area contributed by atoms with Gasteiger partial charge in [-0.15, -0.1) is 0 Å². The lowest BCUT2D eigenvalue weighted by Crippen LogP contribution is -1.96. The lowest BCUT2D eigenvalue weighted by molar-refractivity contribution is 0.662. The third kappa shape index (κ3) is 3.63. The number of rotatable bonds is 4. The van der Waals surface area contributed by atoms with Crippen molar-refractivity contribution in [2.45, 2.75) is 6.42 Å². The molecule has 10 aromatic rings. The summed E-state index contributed by atoms with van der Waals surface area (Å²) in [5, 5.41) is 4.95. The minimum atomic E-state index is 0.735. The first-order chi connectivity index (χ1) is 22.8. The van der Waals surface area contributed by atoms with E-state index in [0.29, 0.717) is 0 Å². The Kier molecular flexibility index (Phi) is 5.28. The molecule has 0 aliphatic heterocycles. The van der Waals surface area contributed by atoms with Crippen LogP contribution in [0.15, 0.2) is 150 Å². The van der Waals surface area contributed by atoms with Crippen molar-refractivity contribution >= 4 is 65.8 Å². The molecular formula is C41H26N4O. The average molecular weight is 591 g/mol. The number of fused-ring (bicyclic) bond motifs is 9. The Labute approximate surface area is 263 Å². The highest BCUT2D eigenvalue weighted by atomic mass is 16.3. The zero-order valence-corrected chi connectivity index (χ0v) is 24.8. The fourth-order valence-corrected chi connectivity index (χ4v) is 7.25. The van der Waals surface area contributed by atoms with Crippen LogP contribution in [0.3, 0.4) is 0 Å². The molecule has 0 saturated heterocycles. The van der Waals surface area contributed by atoms with Crippen LogP contribution in [0.4, 0.5) is 0 Å². The summed E-state index contributed by atoms with van der Waals surface area (Å²) in [6.07, 6.45) is 4.38. The van der Waals surface area contributed by atoms with Crippen LogP contribution in [0.2, 0.25) is 0 Å². The van der Waals surface area contributed by atoms with E-state index in [9.17, 15) is 0 Å². The molecule has 0 bridgehead atoms. The Bertz CT molecular complexity index is 2780. The second-order valence-electron chi connectivity index (χ2n) is 11.9. The SMILES string of the molecule is c1ccc(-n2c3ccccc3c3cc(-n4c5ccccc5c5cc(Cc6ccnc7c6oc6cccnc67)ccc54)ccc32)cc1. The molecule has 0 saturated carbocycles. The van der Waals surface area contributed by atoms with Crippen LogP contribution in [0, 0.1) is 0 Å². The first-order valence-electron chi connectivity index (χ1n) is 15.5. The van der Waals surface area contributed by atoms with E-state index < -0.39 is 0 Å². The van der Waals surface area contributed by atoms with Crippen LogP contribution in [0.5, 0.6) is 0 Å².